The van der Waals surface area contributed by atoms with Gasteiger partial charge in [0.2, 0.25) is 5.56 Å². The van der Waals surface area contributed by atoms with Gasteiger partial charge in [-0.2, -0.15) is 0 Å². The number of nitrogens with one attached hydrogen (secondary N) is 1. The van der Waals surface area contributed by atoms with Crippen molar-refractivity contribution in [2.45, 2.75) is 0 Å². The largest absolute Gasteiger partial charge is 0.464 e. The third-order valence-electron chi connectivity index (χ3n) is 3.51. The number of ether oxygens (including phenoxy) is 1. The number of aryl methyl sites for hydroxylation is 1. The van der Waals surface area contributed by atoms with Crippen LogP contribution in [0.4, 0.5) is 5.82 Å². The van der Waals surface area contributed by atoms with E-state index in [-0.39, 0.29) is 17.1 Å². The molecule has 0 unspecified atom stereocenters. The van der Waals surface area contributed by atoms with Gasteiger partial charge in [-0.25, -0.2) is 14.8 Å². The summed E-state index contributed by atoms with van der Waals surface area (Å²) in [5.41, 5.74) is 7.84. The highest BCUT2D eigenvalue weighted by Crippen LogP contribution is 2.29. The normalized spacial score (nSPS) is 10.6. The molecule has 0 radical (unpaired) electrons. The third kappa shape index (κ3) is 2.65. The number of hydrogen-bond acceptors (Lipinski definition) is 6. The number of methoxy groups -OCH3 is 1. The molecule has 0 fully saturated rings. The molecule has 0 saturated carbocycles. The molecule has 0 aromatic carbocycles. The molecule has 8 heteroatoms. The predicted molar refractivity (Wildman–Crippen MR) is 88.2 cm³/mol. The van der Waals surface area contributed by atoms with Crippen LogP contribution < -0.4 is 11.3 Å². The summed E-state index contributed by atoms with van der Waals surface area (Å²) in [6.45, 7) is 0. The molecule has 8 nitrogen and oxygen atoms in total. The van der Waals surface area contributed by atoms with Crippen molar-refractivity contribution in [1.82, 2.24) is 19.5 Å². The van der Waals surface area contributed by atoms with E-state index in [0.29, 0.717) is 22.6 Å². The van der Waals surface area contributed by atoms with Gasteiger partial charge >= 0.3 is 5.97 Å². The molecular formula is C16H15N5O3. The molecule has 0 spiro atoms. The second-order valence-electron chi connectivity index (χ2n) is 5.10. The van der Waals surface area contributed by atoms with Gasteiger partial charge in [0.1, 0.15) is 11.4 Å². The van der Waals surface area contributed by atoms with Crippen molar-refractivity contribution in [3.63, 3.8) is 0 Å². The number of rotatable bonds is 3. The molecule has 0 amide bonds. The number of nitrogens with two attached hydrogens (primary N) is 1. The zero-order valence-corrected chi connectivity index (χ0v) is 13.1. The minimum Gasteiger partial charge on any atom is -0.464 e. The van der Waals surface area contributed by atoms with Crippen LogP contribution in [0.5, 0.6) is 0 Å². The van der Waals surface area contributed by atoms with Gasteiger partial charge in [0.25, 0.3) is 0 Å². The van der Waals surface area contributed by atoms with Crippen molar-refractivity contribution in [2.24, 2.45) is 7.05 Å². The summed E-state index contributed by atoms with van der Waals surface area (Å²) < 4.78 is 6.12. The molecule has 3 aromatic heterocycles. The molecular weight excluding hydrogens is 310 g/mol. The second-order valence-corrected chi connectivity index (χ2v) is 5.10. The van der Waals surface area contributed by atoms with Crippen molar-refractivity contribution in [1.29, 1.82) is 0 Å². The summed E-state index contributed by atoms with van der Waals surface area (Å²) in [6, 6.07) is 6.67. The molecule has 24 heavy (non-hydrogen) atoms. The van der Waals surface area contributed by atoms with Gasteiger partial charge in [-0.05, 0) is 18.2 Å². The topological polar surface area (TPSA) is 116 Å². The maximum absolute atomic E-state index is 11.9. The van der Waals surface area contributed by atoms with E-state index in [1.807, 2.05) is 12.1 Å². The third-order valence-corrected chi connectivity index (χ3v) is 3.51. The molecule has 3 rings (SSSR count). The van der Waals surface area contributed by atoms with Crippen LogP contribution in [0, 0.1) is 0 Å². The molecule has 0 aliphatic carbocycles. The van der Waals surface area contributed by atoms with E-state index in [1.54, 1.807) is 25.5 Å². The summed E-state index contributed by atoms with van der Waals surface area (Å²) >= 11 is 0. The monoisotopic (exact) mass is 325 g/mol. The summed E-state index contributed by atoms with van der Waals surface area (Å²) in [7, 11) is 2.88. The first-order chi connectivity index (χ1) is 11.5. The Labute approximate surface area is 136 Å². The quantitative estimate of drug-likeness (QED) is 0.699. The Balaban J connectivity index is 2.29. The predicted octanol–water partition coefficient (Wildman–Crippen LogP) is 1.21. The fourth-order valence-electron chi connectivity index (χ4n) is 2.30. The lowest BCUT2D eigenvalue weighted by Crippen LogP contribution is -2.15. The van der Waals surface area contributed by atoms with Crippen molar-refractivity contribution >= 4 is 11.8 Å². The molecule has 0 atom stereocenters. The van der Waals surface area contributed by atoms with Crippen molar-refractivity contribution < 1.29 is 9.53 Å². The van der Waals surface area contributed by atoms with E-state index >= 15 is 0 Å². The lowest BCUT2D eigenvalue weighted by molar-refractivity contribution is 0.0595. The van der Waals surface area contributed by atoms with E-state index in [9.17, 15) is 9.59 Å². The highest BCUT2D eigenvalue weighted by atomic mass is 16.5. The average molecular weight is 325 g/mol. The lowest BCUT2D eigenvalue weighted by atomic mass is 10.1. The Morgan fingerprint density at radius 1 is 1.25 bits per heavy atom. The number of aromatic nitrogens is 4. The first kappa shape index (κ1) is 15.5. The number of pyridine rings is 1. The molecule has 0 bridgehead atoms. The molecule has 0 saturated heterocycles. The van der Waals surface area contributed by atoms with E-state index in [4.69, 9.17) is 10.5 Å². The van der Waals surface area contributed by atoms with Gasteiger partial charge in [0.15, 0.2) is 11.5 Å². The number of nitrogens with zero attached hydrogens (tertiary/aromatic N) is 3. The minimum absolute atomic E-state index is 0.0278. The first-order valence-corrected chi connectivity index (χ1v) is 7.08. The standard InChI is InChI=1S/C16H15N5O3/c1-21-8-9(5-6-11(21)22)12-13(10-4-3-7-18-10)20-15(17)14(19-12)16(23)24-2/h3-8,18H,1-2H3,(H2,17,20). The van der Waals surface area contributed by atoms with Gasteiger partial charge in [-0.15, -0.1) is 0 Å². The maximum Gasteiger partial charge on any atom is 0.360 e. The van der Waals surface area contributed by atoms with Crippen molar-refractivity contribution in [3.05, 3.63) is 52.7 Å². The Hall–Kier alpha value is -3.42. The van der Waals surface area contributed by atoms with E-state index in [1.165, 1.54) is 17.7 Å². The Bertz CT molecular complexity index is 960. The number of aromatic amines is 1. The zero-order valence-electron chi connectivity index (χ0n) is 13.1. The number of anilines is 1. The van der Waals surface area contributed by atoms with E-state index in [0.717, 1.165) is 0 Å². The van der Waals surface area contributed by atoms with Gasteiger partial charge in [-0.3, -0.25) is 4.79 Å². The molecule has 0 aliphatic rings. The van der Waals surface area contributed by atoms with E-state index < -0.39 is 5.97 Å². The highest BCUT2D eigenvalue weighted by Gasteiger charge is 2.20. The summed E-state index contributed by atoms with van der Waals surface area (Å²) in [5, 5.41) is 0. The van der Waals surface area contributed by atoms with E-state index in [2.05, 4.69) is 15.0 Å². The fourth-order valence-corrected chi connectivity index (χ4v) is 2.30. The van der Waals surface area contributed by atoms with Crippen LogP contribution in [0.15, 0.2) is 41.5 Å². The number of carbonyl (C=O) groups excluding carboxylic acids is 1. The molecule has 122 valence electrons. The number of carbonyl (C=O) groups is 1. The summed E-state index contributed by atoms with van der Waals surface area (Å²) in [6.07, 6.45) is 3.36. The van der Waals surface area contributed by atoms with Gasteiger partial charge < -0.3 is 20.0 Å². The Morgan fingerprint density at radius 3 is 2.67 bits per heavy atom. The number of H-pyrrole nitrogens is 1. The average Bonchev–Trinajstić information content (AvgIpc) is 3.11. The first-order valence-electron chi connectivity index (χ1n) is 7.08. The number of esters is 1. The summed E-state index contributed by atoms with van der Waals surface area (Å²) in [5.74, 6) is -0.705. The fraction of sp³-hybridized carbons (Fsp3) is 0.125. The number of nitrogen functional groups attached to an aromatic ring is 1. The van der Waals surface area contributed by atoms with Crippen LogP contribution >= 0.6 is 0 Å². The zero-order chi connectivity index (χ0) is 17.3. The van der Waals surface area contributed by atoms with Crippen LogP contribution in [0.1, 0.15) is 10.5 Å². The van der Waals surface area contributed by atoms with Gasteiger partial charge in [0, 0.05) is 31.1 Å². The van der Waals surface area contributed by atoms with Crippen LogP contribution in [0.2, 0.25) is 0 Å². The molecule has 3 heterocycles. The maximum atomic E-state index is 11.9. The SMILES string of the molecule is COC(=O)c1nc(-c2ccc(=O)n(C)c2)c(-c2ccc[nH]2)nc1N. The van der Waals surface area contributed by atoms with Gasteiger partial charge in [-0.1, -0.05) is 0 Å². The Morgan fingerprint density at radius 2 is 2.04 bits per heavy atom. The van der Waals surface area contributed by atoms with Crippen LogP contribution in [0.25, 0.3) is 22.6 Å². The minimum atomic E-state index is -0.677. The van der Waals surface area contributed by atoms with Crippen molar-refractivity contribution in [2.75, 3.05) is 12.8 Å². The van der Waals surface area contributed by atoms with Gasteiger partial charge in [0.05, 0.1) is 12.8 Å². The smallest absolute Gasteiger partial charge is 0.360 e. The summed E-state index contributed by atoms with van der Waals surface area (Å²) in [4.78, 5) is 35.2. The van der Waals surface area contributed by atoms with Crippen molar-refractivity contribution in [3.8, 4) is 22.6 Å². The van der Waals surface area contributed by atoms with Crippen LogP contribution in [-0.4, -0.2) is 32.6 Å². The van der Waals surface area contributed by atoms with Crippen LogP contribution in [0.3, 0.4) is 0 Å². The molecule has 3 N–H and O–H groups in total. The van der Waals surface area contributed by atoms with Crippen LogP contribution in [-0.2, 0) is 11.8 Å². The Kier molecular flexibility index (Phi) is 3.87. The highest BCUT2D eigenvalue weighted by molar-refractivity contribution is 5.94. The molecule has 3 aromatic rings. The lowest BCUT2D eigenvalue weighted by Gasteiger charge is -2.11. The number of hydrogen-bond donors (Lipinski definition) is 2. The molecule has 0 aliphatic heterocycles. The second kappa shape index (κ2) is 5.99.